The molecule has 0 saturated carbocycles. The van der Waals surface area contributed by atoms with Crippen LogP contribution in [0.1, 0.15) is 44.6 Å². The van der Waals surface area contributed by atoms with Gasteiger partial charge in [-0.3, -0.25) is 20.2 Å². The quantitative estimate of drug-likeness (QED) is 0.152. The Labute approximate surface area is 249 Å². The number of nitrogens with two attached hydrogens (primary N) is 1. The van der Waals surface area contributed by atoms with Crippen LogP contribution < -0.4 is 11.1 Å². The van der Waals surface area contributed by atoms with E-state index in [4.69, 9.17) is 10.7 Å². The molecule has 0 fully saturated rings. The summed E-state index contributed by atoms with van der Waals surface area (Å²) in [5.41, 5.74) is 6.98. The van der Waals surface area contributed by atoms with Crippen LogP contribution in [0.2, 0.25) is 0 Å². The Morgan fingerprint density at radius 2 is 1.56 bits per heavy atom. The third kappa shape index (κ3) is 7.60. The molecule has 0 aliphatic rings. The van der Waals surface area contributed by atoms with Crippen LogP contribution in [-0.2, 0) is 6.54 Å². The van der Waals surface area contributed by atoms with E-state index in [9.17, 15) is 25.0 Å². The van der Waals surface area contributed by atoms with Gasteiger partial charge in [-0.2, -0.15) is 0 Å². The fraction of sp³-hybridized carbons (Fsp3) is 0.290. The molecule has 4 rings (SSSR count). The van der Waals surface area contributed by atoms with E-state index in [0.29, 0.717) is 25.3 Å². The van der Waals surface area contributed by atoms with E-state index in [1.165, 1.54) is 0 Å². The lowest BCUT2D eigenvalue weighted by Gasteiger charge is -2.40. The lowest BCUT2D eigenvalue weighted by atomic mass is 9.84. The number of non-ortho nitro benzene ring substituents is 2. The number of nitro benzene ring substituents is 2. The van der Waals surface area contributed by atoms with E-state index in [0.717, 1.165) is 35.0 Å². The van der Waals surface area contributed by atoms with E-state index in [2.05, 4.69) is 5.32 Å². The minimum Gasteiger partial charge on any atom is -0.330 e. The minimum atomic E-state index is -0.738. The summed E-state index contributed by atoms with van der Waals surface area (Å²) in [6.45, 7) is 7.08. The second-order valence-corrected chi connectivity index (χ2v) is 11.3. The summed E-state index contributed by atoms with van der Waals surface area (Å²) in [6, 6.07) is 21.6. The maximum Gasteiger partial charge on any atom is 0.322 e. The maximum absolute atomic E-state index is 14.0. The largest absolute Gasteiger partial charge is 0.330 e. The SMILES string of the molecule is CC(C)(C)C(c1nc(-c2ccccc2)cn1Cc1ccccc1)N(CCCN)C(=O)Nc1cc([N+](=O)[O-])cc([N+](=O)[O-])c1. The zero-order valence-corrected chi connectivity index (χ0v) is 24.3. The first-order chi connectivity index (χ1) is 20.5. The van der Waals surface area contributed by atoms with E-state index in [1.54, 1.807) is 4.90 Å². The maximum atomic E-state index is 14.0. The first kappa shape index (κ1) is 30.8. The van der Waals surface area contributed by atoms with Gasteiger partial charge in [-0.05, 0) is 23.9 Å². The second-order valence-electron chi connectivity index (χ2n) is 11.3. The molecule has 4 aromatic rings. The summed E-state index contributed by atoms with van der Waals surface area (Å²) in [4.78, 5) is 42.1. The number of anilines is 1. The summed E-state index contributed by atoms with van der Waals surface area (Å²) in [7, 11) is 0. The van der Waals surface area contributed by atoms with E-state index < -0.39 is 38.7 Å². The van der Waals surface area contributed by atoms with Gasteiger partial charge in [-0.1, -0.05) is 81.4 Å². The molecule has 12 nitrogen and oxygen atoms in total. The molecule has 0 saturated heterocycles. The van der Waals surface area contributed by atoms with Crippen molar-refractivity contribution in [3.05, 3.63) is 117 Å². The Balaban J connectivity index is 1.82. The minimum absolute atomic E-state index is 0.0612. The summed E-state index contributed by atoms with van der Waals surface area (Å²) < 4.78 is 2.04. The van der Waals surface area contributed by atoms with Crippen molar-refractivity contribution in [1.82, 2.24) is 14.5 Å². The average Bonchev–Trinajstić information content (AvgIpc) is 3.37. The van der Waals surface area contributed by atoms with Gasteiger partial charge in [0.1, 0.15) is 5.82 Å². The molecule has 12 heteroatoms. The Kier molecular flexibility index (Phi) is 9.51. The van der Waals surface area contributed by atoms with Gasteiger partial charge in [0.2, 0.25) is 0 Å². The van der Waals surface area contributed by atoms with E-state index in [1.807, 2.05) is 92.2 Å². The molecule has 1 aromatic heterocycles. The van der Waals surface area contributed by atoms with Gasteiger partial charge < -0.3 is 20.5 Å². The van der Waals surface area contributed by atoms with Gasteiger partial charge in [-0.25, -0.2) is 9.78 Å². The standard InChI is InChI=1S/C31H35N7O5/c1-31(2,3)28(29-34-27(23-13-8-5-9-14-23)21-35(29)20-22-11-6-4-7-12-22)36(16-10-15-32)30(39)33-24-17-25(37(40)41)19-26(18-24)38(42)43/h4-9,11-14,17-19,21,28H,10,15-16,20,32H2,1-3H3,(H,33,39). The normalized spacial score (nSPS) is 12.0. The molecule has 43 heavy (non-hydrogen) atoms. The van der Waals surface area contributed by atoms with Gasteiger partial charge in [0, 0.05) is 37.0 Å². The van der Waals surface area contributed by atoms with Crippen molar-refractivity contribution in [1.29, 1.82) is 0 Å². The highest BCUT2D eigenvalue weighted by molar-refractivity contribution is 5.90. The molecular formula is C31H35N7O5. The third-order valence-corrected chi connectivity index (χ3v) is 6.89. The number of nitro groups is 2. The van der Waals surface area contributed by atoms with Crippen LogP contribution >= 0.6 is 0 Å². The smallest absolute Gasteiger partial charge is 0.322 e. The van der Waals surface area contributed by atoms with Crippen LogP contribution in [0, 0.1) is 25.6 Å². The summed E-state index contributed by atoms with van der Waals surface area (Å²) in [5, 5.41) is 25.6. The summed E-state index contributed by atoms with van der Waals surface area (Å²) in [6.07, 6.45) is 2.44. The number of rotatable bonds is 11. The zero-order valence-electron chi connectivity index (χ0n) is 24.3. The molecule has 1 heterocycles. The van der Waals surface area contributed by atoms with Crippen molar-refractivity contribution < 1.29 is 14.6 Å². The van der Waals surface area contributed by atoms with Gasteiger partial charge in [0.25, 0.3) is 11.4 Å². The Bertz CT molecular complexity index is 1550. The zero-order chi connectivity index (χ0) is 31.1. The highest BCUT2D eigenvalue weighted by Crippen LogP contribution is 2.39. The Morgan fingerprint density at radius 3 is 2.09 bits per heavy atom. The number of amides is 2. The first-order valence-electron chi connectivity index (χ1n) is 13.9. The van der Waals surface area contributed by atoms with Crippen molar-refractivity contribution in [2.45, 2.75) is 39.8 Å². The highest BCUT2D eigenvalue weighted by Gasteiger charge is 2.38. The molecular weight excluding hydrogens is 550 g/mol. The fourth-order valence-corrected chi connectivity index (χ4v) is 4.98. The topological polar surface area (TPSA) is 162 Å². The van der Waals surface area contributed by atoms with Crippen LogP contribution in [0.5, 0.6) is 0 Å². The fourth-order valence-electron chi connectivity index (χ4n) is 4.98. The van der Waals surface area contributed by atoms with Gasteiger partial charge in [0.05, 0.1) is 33.3 Å². The number of aromatic nitrogens is 2. The van der Waals surface area contributed by atoms with Crippen molar-refractivity contribution in [3.63, 3.8) is 0 Å². The first-order valence-corrected chi connectivity index (χ1v) is 13.9. The number of nitrogens with one attached hydrogen (secondary N) is 1. The highest BCUT2D eigenvalue weighted by atomic mass is 16.6. The van der Waals surface area contributed by atoms with Gasteiger partial charge >= 0.3 is 6.03 Å². The molecule has 1 atom stereocenters. The summed E-state index contributed by atoms with van der Waals surface area (Å²) >= 11 is 0. The van der Waals surface area contributed by atoms with E-state index >= 15 is 0 Å². The number of benzene rings is 3. The number of hydrogen-bond donors (Lipinski definition) is 2. The predicted molar refractivity (Wildman–Crippen MR) is 165 cm³/mol. The number of imidazole rings is 1. The molecule has 3 N–H and O–H groups in total. The second kappa shape index (κ2) is 13.3. The Morgan fingerprint density at radius 1 is 0.977 bits per heavy atom. The van der Waals surface area contributed by atoms with E-state index in [-0.39, 0.29) is 12.2 Å². The van der Waals surface area contributed by atoms with Crippen molar-refractivity contribution in [2.75, 3.05) is 18.4 Å². The van der Waals surface area contributed by atoms with Crippen LogP contribution in [0.3, 0.4) is 0 Å². The van der Waals surface area contributed by atoms with Crippen molar-refractivity contribution in [3.8, 4) is 11.3 Å². The molecule has 2 amide bonds. The monoisotopic (exact) mass is 585 g/mol. The van der Waals surface area contributed by atoms with Crippen LogP contribution in [0.4, 0.5) is 21.9 Å². The number of urea groups is 1. The number of carbonyl (C=O) groups excluding carboxylic acids is 1. The third-order valence-electron chi connectivity index (χ3n) is 6.89. The average molecular weight is 586 g/mol. The van der Waals surface area contributed by atoms with Crippen LogP contribution in [-0.4, -0.2) is 43.4 Å². The van der Waals surface area contributed by atoms with Gasteiger partial charge in [0.15, 0.2) is 0 Å². The molecule has 0 radical (unpaired) electrons. The lowest BCUT2D eigenvalue weighted by Crippen LogP contribution is -2.45. The van der Waals surface area contributed by atoms with Crippen molar-refractivity contribution in [2.24, 2.45) is 11.1 Å². The Hall–Kier alpha value is -5.10. The predicted octanol–water partition coefficient (Wildman–Crippen LogP) is 6.38. The molecule has 0 aliphatic heterocycles. The summed E-state index contributed by atoms with van der Waals surface area (Å²) in [5.74, 6) is 0.646. The number of hydrogen-bond acceptors (Lipinski definition) is 7. The lowest BCUT2D eigenvalue weighted by molar-refractivity contribution is -0.394. The van der Waals surface area contributed by atoms with Crippen molar-refractivity contribution >= 4 is 23.1 Å². The number of carbonyl (C=O) groups is 1. The van der Waals surface area contributed by atoms with Gasteiger partial charge in [-0.15, -0.1) is 0 Å². The molecule has 0 spiro atoms. The molecule has 224 valence electrons. The number of nitrogens with zero attached hydrogens (tertiary/aromatic N) is 5. The molecule has 3 aromatic carbocycles. The molecule has 1 unspecified atom stereocenters. The van der Waals surface area contributed by atoms with Crippen LogP contribution in [0.25, 0.3) is 11.3 Å². The molecule has 0 aliphatic carbocycles. The van der Waals surface area contributed by atoms with Crippen LogP contribution in [0.15, 0.2) is 85.1 Å². The molecule has 0 bridgehead atoms.